The van der Waals surface area contributed by atoms with Crippen LogP contribution in [0.25, 0.3) is 0 Å². The molecular formula is C26H24N2O2S. The molecule has 4 nitrogen and oxygen atoms in total. The lowest BCUT2D eigenvalue weighted by atomic mass is 9.77. The minimum atomic E-state index is -0.0851. The highest BCUT2D eigenvalue weighted by atomic mass is 32.2. The molecule has 31 heavy (non-hydrogen) atoms. The van der Waals surface area contributed by atoms with Crippen molar-refractivity contribution in [3.05, 3.63) is 95.6 Å². The summed E-state index contributed by atoms with van der Waals surface area (Å²) in [7, 11) is 1.67. The second kappa shape index (κ2) is 8.60. The molecular weight excluding hydrogens is 404 g/mol. The second-order valence-corrected chi connectivity index (χ2v) is 8.89. The van der Waals surface area contributed by atoms with Crippen molar-refractivity contribution in [2.24, 2.45) is 11.0 Å². The van der Waals surface area contributed by atoms with Gasteiger partial charge in [-0.3, -0.25) is 4.79 Å². The maximum Gasteiger partial charge on any atom is 0.253 e. The molecule has 0 radical (unpaired) electrons. The Morgan fingerprint density at radius 2 is 1.77 bits per heavy atom. The summed E-state index contributed by atoms with van der Waals surface area (Å²) in [5.74, 6) is 1.42. The number of carbonyl (C=O) groups excluding carboxylic acids is 1. The van der Waals surface area contributed by atoms with E-state index in [-0.39, 0.29) is 17.9 Å². The summed E-state index contributed by atoms with van der Waals surface area (Å²) in [6.07, 6.45) is 2.00. The summed E-state index contributed by atoms with van der Waals surface area (Å²) < 4.78 is 5.33. The molecule has 1 amide bonds. The molecule has 0 spiro atoms. The molecule has 0 unspecified atom stereocenters. The fraction of sp³-hybridized carbons (Fsp3) is 0.231. The third-order valence-electron chi connectivity index (χ3n) is 6.05. The monoisotopic (exact) mass is 428 g/mol. The second-order valence-electron chi connectivity index (χ2n) is 7.85. The molecule has 156 valence electrons. The van der Waals surface area contributed by atoms with Gasteiger partial charge in [0.25, 0.3) is 5.91 Å². The molecule has 0 saturated heterocycles. The zero-order chi connectivity index (χ0) is 21.2. The molecule has 5 heteroatoms. The summed E-state index contributed by atoms with van der Waals surface area (Å²) in [6.45, 7) is 0. The van der Waals surface area contributed by atoms with Crippen molar-refractivity contribution >= 4 is 23.4 Å². The Morgan fingerprint density at radius 3 is 2.55 bits per heavy atom. The quantitative estimate of drug-likeness (QED) is 0.515. The minimum Gasteiger partial charge on any atom is -0.497 e. The number of carbonyl (C=O) groups is 1. The molecule has 3 aromatic rings. The van der Waals surface area contributed by atoms with Crippen molar-refractivity contribution in [1.29, 1.82) is 0 Å². The van der Waals surface area contributed by atoms with Crippen molar-refractivity contribution in [1.82, 2.24) is 5.01 Å². The number of hydrogen-bond acceptors (Lipinski definition) is 4. The predicted octanol–water partition coefficient (Wildman–Crippen LogP) is 5.34. The smallest absolute Gasteiger partial charge is 0.253 e. The zero-order valence-corrected chi connectivity index (χ0v) is 18.2. The maximum absolute atomic E-state index is 13.4. The van der Waals surface area contributed by atoms with Gasteiger partial charge in [-0.05, 0) is 48.2 Å². The van der Waals surface area contributed by atoms with E-state index in [1.165, 1.54) is 11.1 Å². The van der Waals surface area contributed by atoms with Crippen LogP contribution >= 0.6 is 11.8 Å². The average Bonchev–Trinajstić information content (AvgIpc) is 3.23. The average molecular weight is 429 g/mol. The van der Waals surface area contributed by atoms with Crippen molar-refractivity contribution in [2.45, 2.75) is 23.8 Å². The first-order valence-electron chi connectivity index (χ1n) is 10.6. The number of nitrogens with zero attached hydrogens (tertiary/aromatic N) is 2. The maximum atomic E-state index is 13.4. The van der Waals surface area contributed by atoms with E-state index in [1.807, 2.05) is 42.5 Å². The van der Waals surface area contributed by atoms with Gasteiger partial charge in [0.1, 0.15) is 5.75 Å². The van der Waals surface area contributed by atoms with Crippen LogP contribution in [0, 0.1) is 5.92 Å². The SMILES string of the molecule is COc1ccc([C@H]2[C@H]3CCc4ccccc4C3=NN2C(=O)CSc2ccccc2)cc1. The topological polar surface area (TPSA) is 41.9 Å². The highest BCUT2D eigenvalue weighted by Gasteiger charge is 2.43. The lowest BCUT2D eigenvalue weighted by Gasteiger charge is -2.29. The van der Waals surface area contributed by atoms with E-state index in [0.717, 1.165) is 34.8 Å². The van der Waals surface area contributed by atoms with Crippen LogP contribution in [0.4, 0.5) is 0 Å². The number of fused-ring (bicyclic) bond motifs is 3. The molecule has 3 aromatic carbocycles. The summed E-state index contributed by atoms with van der Waals surface area (Å²) >= 11 is 1.56. The number of benzene rings is 3. The number of rotatable bonds is 5. The Labute approximate surface area is 186 Å². The van der Waals surface area contributed by atoms with E-state index in [9.17, 15) is 4.79 Å². The van der Waals surface area contributed by atoms with Gasteiger partial charge in [0.2, 0.25) is 0 Å². The van der Waals surface area contributed by atoms with Gasteiger partial charge in [-0.25, -0.2) is 5.01 Å². The van der Waals surface area contributed by atoms with E-state index in [2.05, 4.69) is 36.4 Å². The van der Waals surface area contributed by atoms with Gasteiger partial charge in [-0.1, -0.05) is 54.6 Å². The molecule has 1 aliphatic heterocycles. The Kier molecular flexibility index (Phi) is 5.51. The number of hydrogen-bond donors (Lipinski definition) is 0. The Balaban J connectivity index is 1.47. The Bertz CT molecular complexity index is 1110. The van der Waals surface area contributed by atoms with Crippen LogP contribution in [0.1, 0.15) is 29.2 Å². The van der Waals surface area contributed by atoms with Crippen molar-refractivity contribution in [2.75, 3.05) is 12.9 Å². The van der Waals surface area contributed by atoms with Gasteiger partial charge in [-0.15, -0.1) is 11.8 Å². The number of thioether (sulfide) groups is 1. The fourth-order valence-electron chi connectivity index (χ4n) is 4.53. The van der Waals surface area contributed by atoms with Crippen LogP contribution in [0.5, 0.6) is 5.75 Å². The lowest BCUT2D eigenvalue weighted by Crippen LogP contribution is -2.33. The summed E-state index contributed by atoms with van der Waals surface area (Å²) in [4.78, 5) is 14.4. The molecule has 0 N–H and O–H groups in total. The van der Waals surface area contributed by atoms with Gasteiger partial charge in [0, 0.05) is 16.4 Å². The number of amides is 1. The zero-order valence-electron chi connectivity index (χ0n) is 17.4. The third kappa shape index (κ3) is 3.86. The van der Waals surface area contributed by atoms with Crippen LogP contribution < -0.4 is 4.74 Å². The minimum absolute atomic E-state index is 0.0362. The predicted molar refractivity (Wildman–Crippen MR) is 125 cm³/mol. The van der Waals surface area contributed by atoms with E-state index < -0.39 is 0 Å². The van der Waals surface area contributed by atoms with Gasteiger partial charge in [0.15, 0.2) is 0 Å². The van der Waals surface area contributed by atoms with Gasteiger partial charge in [-0.2, -0.15) is 5.10 Å². The van der Waals surface area contributed by atoms with Crippen LogP contribution in [0.2, 0.25) is 0 Å². The highest BCUT2D eigenvalue weighted by Crippen LogP contribution is 2.44. The van der Waals surface area contributed by atoms with E-state index >= 15 is 0 Å². The molecule has 0 aromatic heterocycles. The van der Waals surface area contributed by atoms with Crippen molar-refractivity contribution in [3.63, 3.8) is 0 Å². The van der Waals surface area contributed by atoms with Crippen molar-refractivity contribution < 1.29 is 9.53 Å². The largest absolute Gasteiger partial charge is 0.497 e. The third-order valence-corrected chi connectivity index (χ3v) is 7.04. The standard InChI is InChI=1S/C26H24N2O2S/c1-30-20-14-11-19(12-15-20)26-23-16-13-18-7-5-6-10-22(18)25(23)27-28(26)24(29)17-31-21-8-3-2-4-9-21/h2-12,14-15,23,26H,13,16-17H2,1H3/t23-,26-/m0/s1. The number of ether oxygens (including phenoxy) is 1. The van der Waals surface area contributed by atoms with E-state index in [4.69, 9.17) is 9.84 Å². The fourth-order valence-corrected chi connectivity index (χ4v) is 5.31. The molecule has 1 aliphatic carbocycles. The molecule has 0 fully saturated rings. The molecule has 5 rings (SSSR count). The first-order valence-corrected chi connectivity index (χ1v) is 11.5. The van der Waals surface area contributed by atoms with Gasteiger partial charge in [0.05, 0.1) is 24.6 Å². The molecule has 1 heterocycles. The molecule has 0 bridgehead atoms. The van der Waals surface area contributed by atoms with E-state index in [1.54, 1.807) is 23.9 Å². The number of methoxy groups -OCH3 is 1. The van der Waals surface area contributed by atoms with Crippen LogP contribution in [0.3, 0.4) is 0 Å². The summed E-state index contributed by atoms with van der Waals surface area (Å²) in [5, 5.41) is 6.66. The normalized spacial score (nSPS) is 19.4. The Hall–Kier alpha value is -3.05. The van der Waals surface area contributed by atoms with Crippen LogP contribution in [0.15, 0.2) is 88.9 Å². The Morgan fingerprint density at radius 1 is 1.03 bits per heavy atom. The van der Waals surface area contributed by atoms with Crippen molar-refractivity contribution in [3.8, 4) is 5.75 Å². The number of aryl methyl sites for hydroxylation is 1. The first kappa shape index (κ1) is 19.9. The summed E-state index contributed by atoms with van der Waals surface area (Å²) in [5.41, 5.74) is 4.64. The van der Waals surface area contributed by atoms with E-state index in [0.29, 0.717) is 5.75 Å². The highest BCUT2D eigenvalue weighted by molar-refractivity contribution is 8.00. The van der Waals surface area contributed by atoms with Gasteiger partial charge >= 0.3 is 0 Å². The summed E-state index contributed by atoms with van der Waals surface area (Å²) in [6, 6.07) is 26.5. The van der Waals surface area contributed by atoms with Crippen LogP contribution in [-0.4, -0.2) is 29.5 Å². The molecule has 0 saturated carbocycles. The molecule has 2 atom stereocenters. The first-order chi connectivity index (χ1) is 15.2. The van der Waals surface area contributed by atoms with Crippen LogP contribution in [-0.2, 0) is 11.2 Å². The lowest BCUT2D eigenvalue weighted by molar-refractivity contribution is -0.130. The number of hydrazone groups is 1. The molecule has 2 aliphatic rings. The van der Waals surface area contributed by atoms with Gasteiger partial charge < -0.3 is 4.74 Å².